The molecule has 0 fully saturated rings. The molecule has 0 aliphatic rings. The van der Waals surface area contributed by atoms with Crippen molar-refractivity contribution < 1.29 is 13.2 Å². The molecule has 178 valence electrons. The van der Waals surface area contributed by atoms with Gasteiger partial charge in [0.2, 0.25) is 10.0 Å². The van der Waals surface area contributed by atoms with Crippen LogP contribution in [0, 0.1) is 25.7 Å². The molecule has 0 aliphatic carbocycles. The van der Waals surface area contributed by atoms with E-state index in [1.165, 1.54) is 38.9 Å². The van der Waals surface area contributed by atoms with E-state index >= 15 is 0 Å². The Balaban J connectivity index is 1.91. The number of sulfonamides is 1. The van der Waals surface area contributed by atoms with Crippen LogP contribution in [0.4, 0.5) is 0 Å². The summed E-state index contributed by atoms with van der Waals surface area (Å²) >= 11 is 1.47. The van der Waals surface area contributed by atoms with Crippen LogP contribution >= 0.6 is 11.3 Å². The number of fused-ring (bicyclic) bond motifs is 1. The van der Waals surface area contributed by atoms with Gasteiger partial charge < -0.3 is 4.57 Å². The van der Waals surface area contributed by atoms with E-state index in [1.807, 2.05) is 39.3 Å². The molecule has 1 aromatic heterocycles. The van der Waals surface area contributed by atoms with Gasteiger partial charge in [-0.2, -0.15) is 9.30 Å². The van der Waals surface area contributed by atoms with Crippen molar-refractivity contribution in [2.24, 2.45) is 23.9 Å². The van der Waals surface area contributed by atoms with Gasteiger partial charge in [0, 0.05) is 25.7 Å². The van der Waals surface area contributed by atoms with Gasteiger partial charge in [-0.1, -0.05) is 39.0 Å². The predicted octanol–water partition coefficient (Wildman–Crippen LogP) is 4.90. The van der Waals surface area contributed by atoms with Gasteiger partial charge in [-0.25, -0.2) is 8.42 Å². The molecule has 0 aliphatic heterocycles. The predicted molar refractivity (Wildman–Crippen MR) is 135 cm³/mol. The topological polar surface area (TPSA) is 71.7 Å². The highest BCUT2D eigenvalue weighted by molar-refractivity contribution is 7.89. The molecule has 0 atom stereocenters. The second kappa shape index (κ2) is 9.91. The van der Waals surface area contributed by atoms with E-state index in [1.54, 1.807) is 12.1 Å². The minimum absolute atomic E-state index is 0.193. The van der Waals surface area contributed by atoms with E-state index in [9.17, 15) is 13.2 Å². The lowest BCUT2D eigenvalue weighted by molar-refractivity contribution is 0.0998. The second-order valence-corrected chi connectivity index (χ2v) is 12.3. The Morgan fingerprint density at radius 2 is 1.55 bits per heavy atom. The fourth-order valence-corrected chi connectivity index (χ4v) is 6.50. The van der Waals surface area contributed by atoms with Gasteiger partial charge in [0.25, 0.3) is 5.91 Å². The molecular formula is C25H33N3O3S2. The zero-order chi connectivity index (χ0) is 24.5. The van der Waals surface area contributed by atoms with E-state index < -0.39 is 15.9 Å². The number of rotatable bonds is 7. The molecule has 3 aromatic rings. The molecular weight excluding hydrogens is 454 g/mol. The fraction of sp³-hybridized carbons (Fsp3) is 0.440. The highest BCUT2D eigenvalue weighted by atomic mass is 32.2. The Hall–Kier alpha value is -2.29. The van der Waals surface area contributed by atoms with Crippen LogP contribution in [0.15, 0.2) is 46.3 Å². The second-order valence-electron chi connectivity index (χ2n) is 9.40. The van der Waals surface area contributed by atoms with Crippen molar-refractivity contribution >= 4 is 37.5 Å². The summed E-state index contributed by atoms with van der Waals surface area (Å²) in [4.78, 5) is 17.9. The fourth-order valence-electron chi connectivity index (χ4n) is 3.64. The van der Waals surface area contributed by atoms with Gasteiger partial charge >= 0.3 is 0 Å². The zero-order valence-electron chi connectivity index (χ0n) is 20.4. The third-order valence-corrected chi connectivity index (χ3v) is 8.44. The summed E-state index contributed by atoms with van der Waals surface area (Å²) in [6.45, 7) is 13.1. The van der Waals surface area contributed by atoms with E-state index in [4.69, 9.17) is 0 Å². The van der Waals surface area contributed by atoms with Gasteiger partial charge in [0.05, 0.1) is 15.1 Å². The van der Waals surface area contributed by atoms with Crippen LogP contribution in [0.25, 0.3) is 10.2 Å². The molecule has 1 heterocycles. The summed E-state index contributed by atoms with van der Waals surface area (Å²) < 4.78 is 30.9. The molecule has 0 radical (unpaired) electrons. The maximum absolute atomic E-state index is 13.2. The Bertz CT molecular complexity index is 1320. The van der Waals surface area contributed by atoms with Crippen LogP contribution in [0.2, 0.25) is 0 Å². The number of carbonyl (C=O) groups is 1. The maximum atomic E-state index is 13.2. The monoisotopic (exact) mass is 487 g/mol. The summed E-state index contributed by atoms with van der Waals surface area (Å²) in [5.74, 6) is 0.0383. The third-order valence-electron chi connectivity index (χ3n) is 5.50. The van der Waals surface area contributed by atoms with Gasteiger partial charge in [0.1, 0.15) is 0 Å². The first-order valence-corrected chi connectivity index (χ1v) is 13.4. The molecule has 0 spiro atoms. The van der Waals surface area contributed by atoms with Crippen molar-refractivity contribution in [1.29, 1.82) is 0 Å². The minimum Gasteiger partial charge on any atom is -0.319 e. The molecule has 1 amide bonds. The molecule has 0 N–H and O–H groups in total. The lowest BCUT2D eigenvalue weighted by Gasteiger charge is -2.25. The third kappa shape index (κ3) is 5.62. The van der Waals surface area contributed by atoms with Gasteiger partial charge in [-0.15, -0.1) is 0 Å². The summed E-state index contributed by atoms with van der Waals surface area (Å²) in [6, 6.07) is 10.3. The van der Waals surface area contributed by atoms with Gasteiger partial charge in [0.15, 0.2) is 4.80 Å². The summed E-state index contributed by atoms with van der Waals surface area (Å²) in [5.41, 5.74) is 3.78. The first kappa shape index (κ1) is 25.3. The normalized spacial score (nSPS) is 13.1. The van der Waals surface area contributed by atoms with Crippen molar-refractivity contribution in [3.8, 4) is 0 Å². The summed E-state index contributed by atoms with van der Waals surface area (Å²) in [6.07, 6.45) is 0. The van der Waals surface area contributed by atoms with Crippen LogP contribution in [-0.4, -0.2) is 36.3 Å². The van der Waals surface area contributed by atoms with Crippen LogP contribution in [-0.2, 0) is 17.1 Å². The Morgan fingerprint density at radius 3 is 2.09 bits per heavy atom. The number of nitrogens with zero attached hydrogens (tertiary/aromatic N) is 3. The number of aromatic nitrogens is 1. The summed E-state index contributed by atoms with van der Waals surface area (Å²) in [7, 11) is -1.74. The smallest absolute Gasteiger partial charge is 0.279 e. The maximum Gasteiger partial charge on any atom is 0.279 e. The van der Waals surface area contributed by atoms with Crippen LogP contribution < -0.4 is 4.80 Å². The van der Waals surface area contributed by atoms with E-state index in [0.29, 0.717) is 23.5 Å². The van der Waals surface area contributed by atoms with Gasteiger partial charge in [-0.05, 0) is 73.2 Å². The van der Waals surface area contributed by atoms with Crippen LogP contribution in [0.1, 0.15) is 49.2 Å². The highest BCUT2D eigenvalue weighted by Gasteiger charge is 2.26. The van der Waals surface area contributed by atoms with Crippen molar-refractivity contribution in [2.75, 3.05) is 13.1 Å². The molecule has 0 bridgehead atoms. The number of hydrogen-bond donors (Lipinski definition) is 0. The molecule has 8 heteroatoms. The van der Waals surface area contributed by atoms with Gasteiger partial charge in [-0.3, -0.25) is 4.79 Å². The Labute approximate surface area is 200 Å². The molecule has 0 unspecified atom stereocenters. The lowest BCUT2D eigenvalue weighted by atomic mass is 10.1. The standard InChI is InChI=1S/C25H33N3O3S2/c1-16(2)14-28(15-17(3)4)33(30,31)21-10-8-20(9-11-21)24(29)26-25-27(7)22-12-18(5)19(6)13-23(22)32-25/h8-13,16-17H,14-15H2,1-7H3. The molecule has 0 saturated heterocycles. The van der Waals surface area contributed by atoms with E-state index in [2.05, 4.69) is 31.0 Å². The molecule has 0 saturated carbocycles. The SMILES string of the molecule is Cc1cc2sc(=NC(=O)c3ccc(S(=O)(=O)N(CC(C)C)CC(C)C)cc3)n(C)c2cc1C. The number of carbonyl (C=O) groups excluding carboxylic acids is 1. The summed E-state index contributed by atoms with van der Waals surface area (Å²) in [5, 5.41) is 0. The van der Waals surface area contributed by atoms with Crippen LogP contribution in [0.3, 0.4) is 0 Å². The first-order valence-electron chi connectivity index (χ1n) is 11.2. The highest BCUT2D eigenvalue weighted by Crippen LogP contribution is 2.22. The number of amides is 1. The number of benzene rings is 2. The lowest BCUT2D eigenvalue weighted by Crippen LogP contribution is -2.37. The van der Waals surface area contributed by atoms with Crippen molar-refractivity contribution in [1.82, 2.24) is 8.87 Å². The number of thiazole rings is 1. The first-order chi connectivity index (χ1) is 15.4. The largest absolute Gasteiger partial charge is 0.319 e. The number of hydrogen-bond acceptors (Lipinski definition) is 4. The Kier molecular flexibility index (Phi) is 7.61. The molecule has 3 rings (SSSR count). The average Bonchev–Trinajstić information content (AvgIpc) is 3.02. The quantitative estimate of drug-likeness (QED) is 0.476. The molecule has 2 aromatic carbocycles. The number of aryl methyl sites for hydroxylation is 3. The molecule has 33 heavy (non-hydrogen) atoms. The average molecular weight is 488 g/mol. The minimum atomic E-state index is -3.64. The van der Waals surface area contributed by atoms with E-state index in [0.717, 1.165) is 10.2 Å². The van der Waals surface area contributed by atoms with Crippen molar-refractivity contribution in [2.45, 2.75) is 46.4 Å². The van der Waals surface area contributed by atoms with Crippen molar-refractivity contribution in [3.05, 3.63) is 57.9 Å². The zero-order valence-corrected chi connectivity index (χ0v) is 22.0. The molecule has 6 nitrogen and oxygen atoms in total. The Morgan fingerprint density at radius 1 is 1.00 bits per heavy atom. The van der Waals surface area contributed by atoms with Crippen LogP contribution in [0.5, 0.6) is 0 Å². The van der Waals surface area contributed by atoms with Crippen molar-refractivity contribution in [3.63, 3.8) is 0 Å². The van der Waals surface area contributed by atoms with E-state index in [-0.39, 0.29) is 16.7 Å².